The molecular formula is C21H23ClO4. The molecule has 0 fully saturated rings. The molecule has 5 heteroatoms. The molecule has 0 aliphatic heterocycles. The van der Waals surface area contributed by atoms with Gasteiger partial charge in [-0.3, -0.25) is 4.79 Å². The third-order valence-electron chi connectivity index (χ3n) is 3.90. The molecule has 2 aromatic rings. The fraction of sp³-hybridized carbons (Fsp3) is 0.286. The highest BCUT2D eigenvalue weighted by molar-refractivity contribution is 6.31. The van der Waals surface area contributed by atoms with Crippen molar-refractivity contribution >= 4 is 23.5 Å². The number of methoxy groups -OCH3 is 1. The van der Waals surface area contributed by atoms with E-state index in [4.69, 9.17) is 21.1 Å². The summed E-state index contributed by atoms with van der Waals surface area (Å²) in [5.74, 6) is 0.972. The number of ether oxygens (including phenoxy) is 2. The van der Waals surface area contributed by atoms with Crippen LogP contribution >= 0.6 is 11.6 Å². The maximum Gasteiger partial charge on any atom is 0.189 e. The summed E-state index contributed by atoms with van der Waals surface area (Å²) < 4.78 is 11.1. The molecule has 0 atom stereocenters. The van der Waals surface area contributed by atoms with E-state index in [0.717, 1.165) is 11.1 Å². The number of aryl methyl sites for hydroxylation is 1. The minimum Gasteiger partial charge on any atom is -0.507 e. The smallest absolute Gasteiger partial charge is 0.189 e. The summed E-state index contributed by atoms with van der Waals surface area (Å²) in [4.78, 5) is 12.6. The molecule has 0 heterocycles. The molecule has 138 valence electrons. The fourth-order valence-corrected chi connectivity index (χ4v) is 2.79. The second-order valence-corrected chi connectivity index (χ2v) is 6.73. The van der Waals surface area contributed by atoms with Crippen LogP contribution in [0.3, 0.4) is 0 Å². The Balaban J connectivity index is 2.42. The minimum absolute atomic E-state index is 0.0602. The van der Waals surface area contributed by atoms with Gasteiger partial charge in [-0.05, 0) is 69.7 Å². The average molecular weight is 375 g/mol. The molecule has 0 bridgehead atoms. The highest BCUT2D eigenvalue weighted by atomic mass is 35.5. The number of aromatic hydroxyl groups is 1. The SMILES string of the molecule is COc1cc(Cl)ccc1C(=O)C=Cc1cc(C)c(O)c(C)c1OC(C)C. The minimum atomic E-state index is -0.211. The van der Waals surface area contributed by atoms with E-state index in [0.29, 0.717) is 27.6 Å². The van der Waals surface area contributed by atoms with Crippen LogP contribution in [-0.2, 0) is 0 Å². The van der Waals surface area contributed by atoms with Crippen LogP contribution in [0.4, 0.5) is 0 Å². The zero-order valence-electron chi connectivity index (χ0n) is 15.6. The first-order valence-electron chi connectivity index (χ1n) is 8.30. The molecule has 0 saturated carbocycles. The van der Waals surface area contributed by atoms with Gasteiger partial charge in [-0.2, -0.15) is 0 Å². The van der Waals surface area contributed by atoms with E-state index in [1.165, 1.54) is 13.2 Å². The van der Waals surface area contributed by atoms with Gasteiger partial charge < -0.3 is 14.6 Å². The summed E-state index contributed by atoms with van der Waals surface area (Å²) in [5.41, 5.74) is 2.52. The second kappa shape index (κ2) is 8.28. The number of halogens is 1. The van der Waals surface area contributed by atoms with Crippen molar-refractivity contribution in [2.75, 3.05) is 7.11 Å². The van der Waals surface area contributed by atoms with E-state index in [-0.39, 0.29) is 17.6 Å². The molecule has 4 nitrogen and oxygen atoms in total. The quantitative estimate of drug-likeness (QED) is 0.546. The lowest BCUT2D eigenvalue weighted by atomic mass is 10.0. The van der Waals surface area contributed by atoms with Gasteiger partial charge in [0.15, 0.2) is 5.78 Å². The van der Waals surface area contributed by atoms with Gasteiger partial charge in [0.2, 0.25) is 0 Å². The average Bonchev–Trinajstić information content (AvgIpc) is 2.60. The first-order chi connectivity index (χ1) is 12.2. The Morgan fingerprint density at radius 2 is 1.92 bits per heavy atom. The molecule has 0 radical (unpaired) electrons. The Kier molecular flexibility index (Phi) is 6.32. The number of hydrogen-bond acceptors (Lipinski definition) is 4. The highest BCUT2D eigenvalue weighted by Gasteiger charge is 2.15. The first kappa shape index (κ1) is 19.9. The monoisotopic (exact) mass is 374 g/mol. The Morgan fingerprint density at radius 3 is 2.54 bits per heavy atom. The molecule has 1 N–H and O–H groups in total. The number of benzene rings is 2. The zero-order chi connectivity index (χ0) is 19.4. The van der Waals surface area contributed by atoms with E-state index in [1.54, 1.807) is 37.3 Å². The molecule has 26 heavy (non-hydrogen) atoms. The van der Waals surface area contributed by atoms with Crippen molar-refractivity contribution in [3.63, 3.8) is 0 Å². The van der Waals surface area contributed by atoms with E-state index < -0.39 is 0 Å². The lowest BCUT2D eigenvalue weighted by Crippen LogP contribution is -2.08. The Bertz CT molecular complexity index is 854. The van der Waals surface area contributed by atoms with Crippen LogP contribution in [0.5, 0.6) is 17.2 Å². The van der Waals surface area contributed by atoms with Gasteiger partial charge in [0.25, 0.3) is 0 Å². The van der Waals surface area contributed by atoms with Crippen LogP contribution in [0.15, 0.2) is 30.3 Å². The van der Waals surface area contributed by atoms with Crippen LogP contribution < -0.4 is 9.47 Å². The maximum absolute atomic E-state index is 12.6. The molecule has 0 spiro atoms. The number of phenols is 1. The van der Waals surface area contributed by atoms with Gasteiger partial charge >= 0.3 is 0 Å². The molecule has 2 aromatic carbocycles. The lowest BCUT2D eigenvalue weighted by Gasteiger charge is -2.17. The van der Waals surface area contributed by atoms with Crippen molar-refractivity contribution < 1.29 is 19.4 Å². The van der Waals surface area contributed by atoms with Crippen molar-refractivity contribution in [2.24, 2.45) is 0 Å². The Hall–Kier alpha value is -2.46. The van der Waals surface area contributed by atoms with Gasteiger partial charge in [-0.15, -0.1) is 0 Å². The fourth-order valence-electron chi connectivity index (χ4n) is 2.63. The predicted molar refractivity (Wildman–Crippen MR) is 105 cm³/mol. The summed E-state index contributed by atoms with van der Waals surface area (Å²) in [6.07, 6.45) is 3.09. The van der Waals surface area contributed by atoms with Gasteiger partial charge in [0, 0.05) is 16.1 Å². The molecule has 0 aromatic heterocycles. The number of carbonyl (C=O) groups is 1. The normalized spacial score (nSPS) is 11.2. The summed E-state index contributed by atoms with van der Waals surface area (Å²) in [6, 6.07) is 6.67. The molecular weight excluding hydrogens is 352 g/mol. The molecule has 0 aliphatic carbocycles. The predicted octanol–water partition coefficient (Wildman–Crippen LogP) is 5.35. The number of carbonyl (C=O) groups excluding carboxylic acids is 1. The van der Waals surface area contributed by atoms with Crippen molar-refractivity contribution in [1.29, 1.82) is 0 Å². The number of rotatable bonds is 6. The van der Waals surface area contributed by atoms with Crippen molar-refractivity contribution in [3.05, 3.63) is 57.6 Å². The molecule has 0 saturated heterocycles. The molecule has 2 rings (SSSR count). The van der Waals surface area contributed by atoms with Crippen LogP contribution in [-0.4, -0.2) is 24.1 Å². The Morgan fingerprint density at radius 1 is 1.23 bits per heavy atom. The number of hydrogen-bond donors (Lipinski definition) is 1. The molecule has 0 aliphatic rings. The van der Waals surface area contributed by atoms with E-state index in [9.17, 15) is 9.90 Å². The molecule has 0 unspecified atom stereocenters. The summed E-state index contributed by atoms with van der Waals surface area (Å²) in [7, 11) is 1.49. The van der Waals surface area contributed by atoms with E-state index >= 15 is 0 Å². The van der Waals surface area contributed by atoms with Crippen LogP contribution in [0.1, 0.15) is 40.9 Å². The van der Waals surface area contributed by atoms with E-state index in [1.807, 2.05) is 20.8 Å². The summed E-state index contributed by atoms with van der Waals surface area (Å²) in [6.45, 7) is 7.42. The third-order valence-corrected chi connectivity index (χ3v) is 4.14. The number of allylic oxidation sites excluding steroid dienone is 1. The topological polar surface area (TPSA) is 55.8 Å². The number of phenolic OH excluding ortho intramolecular Hbond substituents is 1. The maximum atomic E-state index is 12.6. The first-order valence-corrected chi connectivity index (χ1v) is 8.68. The van der Waals surface area contributed by atoms with Gasteiger partial charge in [-0.25, -0.2) is 0 Å². The highest BCUT2D eigenvalue weighted by Crippen LogP contribution is 2.35. The molecule has 0 amide bonds. The van der Waals surface area contributed by atoms with Gasteiger partial charge in [0.05, 0.1) is 18.8 Å². The van der Waals surface area contributed by atoms with Crippen LogP contribution in [0, 0.1) is 13.8 Å². The lowest BCUT2D eigenvalue weighted by molar-refractivity contribution is 0.104. The van der Waals surface area contributed by atoms with Crippen molar-refractivity contribution in [1.82, 2.24) is 0 Å². The summed E-state index contributed by atoms with van der Waals surface area (Å²) >= 11 is 5.94. The standard InChI is InChI=1S/C21H23ClO4/c1-12(2)26-21-14(4)20(24)13(3)10-15(21)6-9-18(23)17-8-7-16(22)11-19(17)25-5/h6-12,24H,1-5H3. The summed E-state index contributed by atoms with van der Waals surface area (Å²) in [5, 5.41) is 10.7. The number of ketones is 1. The zero-order valence-corrected chi connectivity index (χ0v) is 16.3. The third kappa shape index (κ3) is 4.38. The van der Waals surface area contributed by atoms with Crippen LogP contribution in [0.25, 0.3) is 6.08 Å². The van der Waals surface area contributed by atoms with Crippen molar-refractivity contribution in [3.8, 4) is 17.2 Å². The van der Waals surface area contributed by atoms with Gasteiger partial charge in [-0.1, -0.05) is 11.6 Å². The second-order valence-electron chi connectivity index (χ2n) is 6.29. The van der Waals surface area contributed by atoms with E-state index in [2.05, 4.69) is 0 Å². The van der Waals surface area contributed by atoms with Gasteiger partial charge in [0.1, 0.15) is 17.2 Å². The largest absolute Gasteiger partial charge is 0.507 e. The Labute approximate surface area is 159 Å². The van der Waals surface area contributed by atoms with Crippen LogP contribution in [0.2, 0.25) is 5.02 Å². The van der Waals surface area contributed by atoms with Crippen molar-refractivity contribution in [2.45, 2.75) is 33.8 Å².